The minimum Gasteiger partial charge on any atom is -0.311 e. The molecule has 0 radical (unpaired) electrons. The van der Waals surface area contributed by atoms with Gasteiger partial charge in [-0.15, -0.1) is 0 Å². The van der Waals surface area contributed by atoms with E-state index in [2.05, 4.69) is 24.3 Å². The van der Waals surface area contributed by atoms with Crippen LogP contribution in [0.1, 0.15) is 37.6 Å². The Morgan fingerprint density at radius 1 is 1.57 bits per heavy atom. The Hall–Kier alpha value is -0.830. The van der Waals surface area contributed by atoms with Crippen molar-refractivity contribution in [2.75, 3.05) is 7.05 Å². The average molecular weight is 193 g/mol. The van der Waals surface area contributed by atoms with E-state index in [1.165, 1.54) is 17.7 Å². The molecule has 2 rings (SSSR count). The molecule has 1 aromatic heterocycles. The average Bonchev–Trinajstić information content (AvgIpc) is 2.47. The summed E-state index contributed by atoms with van der Waals surface area (Å²) in [6.07, 6.45) is 4.40. The monoisotopic (exact) mass is 193 g/mol. The molecular weight excluding hydrogens is 174 g/mol. The van der Waals surface area contributed by atoms with Gasteiger partial charge < -0.3 is 5.32 Å². The molecule has 3 nitrogen and oxygen atoms in total. The second-order valence-corrected chi connectivity index (χ2v) is 4.89. The van der Waals surface area contributed by atoms with Crippen LogP contribution in [0, 0.1) is 5.41 Å². The first-order valence-electron chi connectivity index (χ1n) is 5.24. The number of fused-ring (bicyclic) bond motifs is 1. The molecule has 1 heterocycles. The van der Waals surface area contributed by atoms with E-state index in [1.807, 2.05) is 25.0 Å². The number of aryl methyl sites for hydroxylation is 2. The van der Waals surface area contributed by atoms with Crippen LogP contribution in [0.25, 0.3) is 0 Å². The third-order valence-electron chi connectivity index (χ3n) is 3.45. The molecule has 0 amide bonds. The lowest BCUT2D eigenvalue weighted by Crippen LogP contribution is -2.37. The highest BCUT2D eigenvalue weighted by Gasteiger charge is 2.36. The predicted octanol–water partition coefficient (Wildman–Crippen LogP) is 1.65. The van der Waals surface area contributed by atoms with Crippen molar-refractivity contribution in [3.63, 3.8) is 0 Å². The van der Waals surface area contributed by atoms with Gasteiger partial charge in [0.2, 0.25) is 0 Å². The van der Waals surface area contributed by atoms with Crippen molar-refractivity contribution in [2.45, 2.75) is 32.7 Å². The topological polar surface area (TPSA) is 29.9 Å². The molecule has 0 aromatic carbocycles. The maximum Gasteiger partial charge on any atom is 0.0587 e. The molecule has 0 saturated carbocycles. The Morgan fingerprint density at radius 2 is 2.29 bits per heavy atom. The Balaban J connectivity index is 2.48. The molecule has 78 valence electrons. The molecular formula is C11H19N3. The van der Waals surface area contributed by atoms with E-state index in [-0.39, 0.29) is 0 Å². The maximum absolute atomic E-state index is 4.34. The van der Waals surface area contributed by atoms with Crippen LogP contribution >= 0.6 is 0 Å². The molecule has 3 heteroatoms. The van der Waals surface area contributed by atoms with E-state index >= 15 is 0 Å². The predicted molar refractivity (Wildman–Crippen MR) is 57.1 cm³/mol. The molecule has 0 bridgehead atoms. The second-order valence-electron chi connectivity index (χ2n) is 4.89. The van der Waals surface area contributed by atoms with Crippen molar-refractivity contribution >= 4 is 0 Å². The fourth-order valence-electron chi connectivity index (χ4n) is 2.56. The number of rotatable bonds is 1. The quantitative estimate of drug-likeness (QED) is 0.735. The minimum atomic E-state index is 0.329. The van der Waals surface area contributed by atoms with Crippen molar-refractivity contribution in [3.05, 3.63) is 17.5 Å². The summed E-state index contributed by atoms with van der Waals surface area (Å²) in [6, 6.07) is 0.429. The highest BCUT2D eigenvalue weighted by atomic mass is 15.3. The van der Waals surface area contributed by atoms with Crippen LogP contribution in [0.2, 0.25) is 0 Å². The number of nitrogens with one attached hydrogen (secondary N) is 1. The van der Waals surface area contributed by atoms with Gasteiger partial charge in [-0.2, -0.15) is 5.10 Å². The molecule has 14 heavy (non-hydrogen) atoms. The van der Waals surface area contributed by atoms with Crippen LogP contribution in [0.4, 0.5) is 0 Å². The van der Waals surface area contributed by atoms with Crippen LogP contribution in [0.5, 0.6) is 0 Å². The summed E-state index contributed by atoms with van der Waals surface area (Å²) in [5, 5.41) is 7.76. The van der Waals surface area contributed by atoms with E-state index in [9.17, 15) is 0 Å². The zero-order chi connectivity index (χ0) is 10.3. The first-order chi connectivity index (χ1) is 6.56. The number of hydrogen-bond donors (Lipinski definition) is 1. The lowest BCUT2D eigenvalue weighted by Gasteiger charge is -2.38. The van der Waals surface area contributed by atoms with E-state index in [4.69, 9.17) is 0 Å². The molecule has 1 aliphatic carbocycles. The third-order valence-corrected chi connectivity index (χ3v) is 3.45. The molecule has 1 aliphatic rings. The van der Waals surface area contributed by atoms with E-state index < -0.39 is 0 Å². The van der Waals surface area contributed by atoms with Crippen molar-refractivity contribution in [3.8, 4) is 0 Å². The molecule has 0 spiro atoms. The fourth-order valence-corrected chi connectivity index (χ4v) is 2.56. The molecule has 0 saturated heterocycles. The van der Waals surface area contributed by atoms with Crippen LogP contribution in [0.15, 0.2) is 6.20 Å². The van der Waals surface area contributed by atoms with Crippen LogP contribution < -0.4 is 5.32 Å². The Bertz CT molecular complexity index is 338. The molecule has 0 aliphatic heterocycles. The Kier molecular flexibility index (Phi) is 2.14. The standard InChI is InChI=1S/C11H19N3/c1-11(2)6-5-8-7-13-14(4)9(8)10(11)12-3/h7,10,12H,5-6H2,1-4H3. The van der Waals surface area contributed by atoms with Crippen molar-refractivity contribution in [1.29, 1.82) is 0 Å². The molecule has 1 unspecified atom stereocenters. The lowest BCUT2D eigenvalue weighted by molar-refractivity contribution is 0.210. The zero-order valence-corrected chi connectivity index (χ0v) is 9.46. The van der Waals surface area contributed by atoms with Gasteiger partial charge in [0, 0.05) is 7.05 Å². The van der Waals surface area contributed by atoms with Crippen molar-refractivity contribution in [2.24, 2.45) is 12.5 Å². The highest BCUT2D eigenvalue weighted by molar-refractivity contribution is 5.26. The van der Waals surface area contributed by atoms with E-state index in [0.29, 0.717) is 11.5 Å². The van der Waals surface area contributed by atoms with Gasteiger partial charge in [0.05, 0.1) is 17.9 Å². The van der Waals surface area contributed by atoms with Gasteiger partial charge in [-0.25, -0.2) is 0 Å². The molecule has 0 fully saturated rings. The lowest BCUT2D eigenvalue weighted by atomic mass is 9.73. The van der Waals surface area contributed by atoms with Crippen molar-refractivity contribution < 1.29 is 0 Å². The summed E-state index contributed by atoms with van der Waals surface area (Å²) in [7, 11) is 4.07. The smallest absolute Gasteiger partial charge is 0.0587 e. The number of aromatic nitrogens is 2. The summed E-state index contributed by atoms with van der Waals surface area (Å²) < 4.78 is 2.01. The summed E-state index contributed by atoms with van der Waals surface area (Å²) in [5.74, 6) is 0. The summed E-state index contributed by atoms with van der Waals surface area (Å²) in [6.45, 7) is 4.65. The number of hydrogen-bond acceptors (Lipinski definition) is 2. The van der Waals surface area contributed by atoms with Crippen LogP contribution in [0.3, 0.4) is 0 Å². The summed E-state index contributed by atoms with van der Waals surface area (Å²) in [5.41, 5.74) is 3.10. The summed E-state index contributed by atoms with van der Waals surface area (Å²) in [4.78, 5) is 0. The first kappa shape index (κ1) is 9.71. The van der Waals surface area contributed by atoms with Gasteiger partial charge in [-0.1, -0.05) is 13.8 Å². The fraction of sp³-hybridized carbons (Fsp3) is 0.727. The highest BCUT2D eigenvalue weighted by Crippen LogP contribution is 2.42. The first-order valence-corrected chi connectivity index (χ1v) is 5.24. The SMILES string of the molecule is CNC1c2c(cnn2C)CCC1(C)C. The summed E-state index contributed by atoms with van der Waals surface area (Å²) >= 11 is 0. The van der Waals surface area contributed by atoms with Crippen LogP contribution in [-0.4, -0.2) is 16.8 Å². The van der Waals surface area contributed by atoms with Gasteiger partial charge >= 0.3 is 0 Å². The second kappa shape index (κ2) is 3.09. The van der Waals surface area contributed by atoms with Gasteiger partial charge in [-0.05, 0) is 30.9 Å². The van der Waals surface area contributed by atoms with E-state index in [0.717, 1.165) is 6.42 Å². The molecule has 1 atom stereocenters. The normalized spacial score (nSPS) is 24.7. The number of nitrogens with zero attached hydrogens (tertiary/aromatic N) is 2. The van der Waals surface area contributed by atoms with Crippen LogP contribution in [-0.2, 0) is 13.5 Å². The zero-order valence-electron chi connectivity index (χ0n) is 9.46. The largest absolute Gasteiger partial charge is 0.311 e. The third kappa shape index (κ3) is 1.27. The van der Waals surface area contributed by atoms with Crippen molar-refractivity contribution in [1.82, 2.24) is 15.1 Å². The molecule has 1 aromatic rings. The van der Waals surface area contributed by atoms with E-state index in [1.54, 1.807) is 0 Å². The Morgan fingerprint density at radius 3 is 2.93 bits per heavy atom. The molecule has 1 N–H and O–H groups in total. The van der Waals surface area contributed by atoms with Gasteiger partial charge in [0.25, 0.3) is 0 Å². The van der Waals surface area contributed by atoms with Gasteiger partial charge in [0.1, 0.15) is 0 Å². The minimum absolute atomic E-state index is 0.329. The Labute approximate surface area is 85.5 Å². The van der Waals surface area contributed by atoms with Gasteiger partial charge in [0.15, 0.2) is 0 Å². The van der Waals surface area contributed by atoms with Gasteiger partial charge in [-0.3, -0.25) is 4.68 Å². The maximum atomic E-state index is 4.34.